The Morgan fingerprint density at radius 2 is 1.87 bits per heavy atom. The average Bonchev–Trinajstić information content (AvgIpc) is 2.71. The van der Waals surface area contributed by atoms with E-state index in [9.17, 15) is 14.7 Å². The van der Waals surface area contributed by atoms with Crippen LogP contribution in [-0.4, -0.2) is 50.8 Å². The Labute approximate surface area is 191 Å². The lowest BCUT2D eigenvalue weighted by Gasteiger charge is -2.37. The molecule has 0 bridgehead atoms. The van der Waals surface area contributed by atoms with Gasteiger partial charge in [0.2, 0.25) is 5.91 Å². The maximum Gasteiger partial charge on any atom is 0.364 e. The average molecular weight is 450 g/mol. The molecule has 1 aliphatic rings. The lowest BCUT2D eigenvalue weighted by molar-refractivity contribution is -0.137. The molecule has 1 unspecified atom stereocenters. The molecule has 1 aromatic carbocycles. The normalized spacial score (nSPS) is 18.9. The van der Waals surface area contributed by atoms with Crippen molar-refractivity contribution in [2.75, 3.05) is 12.3 Å². The first-order valence-electron chi connectivity index (χ1n) is 11.7. The molecular formula is C25H39NO4S. The first kappa shape index (κ1) is 25.7. The zero-order valence-electron chi connectivity index (χ0n) is 19.3. The van der Waals surface area contributed by atoms with E-state index in [1.54, 1.807) is 0 Å². The SMILES string of the molecule is CC(C)c1ccc(CC(O)CC[C@H]2CCCC(=O)N2CC[C@@H](C)CCSC(=O)O)cc1. The zero-order chi connectivity index (χ0) is 22.8. The number of benzene rings is 1. The van der Waals surface area contributed by atoms with Crippen LogP contribution in [-0.2, 0) is 11.2 Å². The first-order valence-corrected chi connectivity index (χ1v) is 12.7. The molecule has 1 amide bonds. The molecule has 1 heterocycles. The van der Waals surface area contributed by atoms with E-state index >= 15 is 0 Å². The number of carbonyl (C=O) groups is 2. The van der Waals surface area contributed by atoms with Gasteiger partial charge in [-0.15, -0.1) is 0 Å². The van der Waals surface area contributed by atoms with Gasteiger partial charge in [0.05, 0.1) is 6.10 Å². The van der Waals surface area contributed by atoms with E-state index in [1.165, 1.54) is 5.56 Å². The number of aliphatic hydroxyl groups excluding tert-OH is 1. The van der Waals surface area contributed by atoms with Crippen LogP contribution in [0.15, 0.2) is 24.3 Å². The molecule has 1 aliphatic heterocycles. The molecule has 0 saturated carbocycles. The van der Waals surface area contributed by atoms with Crippen molar-refractivity contribution in [1.82, 2.24) is 4.90 Å². The van der Waals surface area contributed by atoms with Gasteiger partial charge >= 0.3 is 5.30 Å². The summed E-state index contributed by atoms with van der Waals surface area (Å²) in [4.78, 5) is 25.2. The number of rotatable bonds is 12. The van der Waals surface area contributed by atoms with E-state index in [1.807, 2.05) is 4.90 Å². The Morgan fingerprint density at radius 1 is 1.16 bits per heavy atom. The predicted octanol–water partition coefficient (Wildman–Crippen LogP) is 5.70. The number of likely N-dealkylation sites (tertiary alicyclic amines) is 1. The minimum Gasteiger partial charge on any atom is -0.473 e. The van der Waals surface area contributed by atoms with Crippen LogP contribution in [0.1, 0.15) is 82.8 Å². The van der Waals surface area contributed by atoms with Crippen molar-refractivity contribution >= 4 is 23.0 Å². The van der Waals surface area contributed by atoms with Gasteiger partial charge in [-0.1, -0.05) is 45.0 Å². The van der Waals surface area contributed by atoms with Gasteiger partial charge in [0.25, 0.3) is 0 Å². The topological polar surface area (TPSA) is 77.8 Å². The number of carbonyl (C=O) groups excluding carboxylic acids is 1. The second kappa shape index (κ2) is 13.1. The van der Waals surface area contributed by atoms with Crippen LogP contribution in [0.3, 0.4) is 0 Å². The zero-order valence-corrected chi connectivity index (χ0v) is 20.1. The summed E-state index contributed by atoms with van der Waals surface area (Å²) in [6.45, 7) is 7.21. The second-order valence-electron chi connectivity index (χ2n) is 9.26. The monoisotopic (exact) mass is 449 g/mol. The molecule has 1 aromatic rings. The van der Waals surface area contributed by atoms with Crippen LogP contribution >= 0.6 is 11.8 Å². The van der Waals surface area contributed by atoms with Gasteiger partial charge in [-0.05, 0) is 79.7 Å². The summed E-state index contributed by atoms with van der Waals surface area (Å²) in [5.74, 6) is 1.73. The van der Waals surface area contributed by atoms with Crippen LogP contribution in [0.4, 0.5) is 4.79 Å². The Balaban J connectivity index is 1.79. The van der Waals surface area contributed by atoms with Crippen molar-refractivity contribution < 1.29 is 19.8 Å². The van der Waals surface area contributed by atoms with Crippen LogP contribution in [0, 0.1) is 5.92 Å². The summed E-state index contributed by atoms with van der Waals surface area (Å²) < 4.78 is 0. The van der Waals surface area contributed by atoms with Gasteiger partial charge in [-0.3, -0.25) is 4.79 Å². The summed E-state index contributed by atoms with van der Waals surface area (Å²) in [5.41, 5.74) is 2.46. The highest BCUT2D eigenvalue weighted by Gasteiger charge is 2.28. The molecule has 0 aliphatic carbocycles. The molecule has 0 aromatic heterocycles. The maximum atomic E-state index is 12.5. The summed E-state index contributed by atoms with van der Waals surface area (Å²) in [7, 11) is 0. The standard InChI is InChI=1S/C25H39NO4S/c1-18(2)21-9-7-20(8-10-21)17-23(27)12-11-22-5-4-6-24(28)26(22)15-13-19(3)14-16-31-25(29)30/h7-10,18-19,22-23,27H,4-6,11-17H2,1-3H3,(H,29,30)/t19-,22-,23?/m1/s1. The lowest BCUT2D eigenvalue weighted by atomic mass is 9.93. The highest BCUT2D eigenvalue weighted by atomic mass is 32.2. The second-order valence-corrected chi connectivity index (χ2v) is 10.3. The number of amides is 1. The Kier molecular flexibility index (Phi) is 10.9. The van der Waals surface area contributed by atoms with E-state index in [0.717, 1.165) is 56.0 Å². The van der Waals surface area contributed by atoms with Gasteiger partial charge in [-0.2, -0.15) is 0 Å². The van der Waals surface area contributed by atoms with Crippen molar-refractivity contribution in [3.05, 3.63) is 35.4 Å². The lowest BCUT2D eigenvalue weighted by Crippen LogP contribution is -2.44. The minimum absolute atomic E-state index is 0.208. The van der Waals surface area contributed by atoms with E-state index in [-0.39, 0.29) is 11.9 Å². The summed E-state index contributed by atoms with van der Waals surface area (Å²) in [5, 5.41) is 18.5. The summed E-state index contributed by atoms with van der Waals surface area (Å²) in [6.07, 6.45) is 6.08. The van der Waals surface area contributed by atoms with Gasteiger partial charge in [0, 0.05) is 24.8 Å². The quantitative estimate of drug-likeness (QED) is 0.428. The van der Waals surface area contributed by atoms with Gasteiger partial charge < -0.3 is 15.1 Å². The number of hydrogen-bond acceptors (Lipinski definition) is 4. The molecule has 2 rings (SSSR count). The van der Waals surface area contributed by atoms with Crippen molar-refractivity contribution in [3.63, 3.8) is 0 Å². The molecule has 0 radical (unpaired) electrons. The van der Waals surface area contributed by atoms with Crippen molar-refractivity contribution in [3.8, 4) is 0 Å². The van der Waals surface area contributed by atoms with Crippen LogP contribution in [0.25, 0.3) is 0 Å². The first-order chi connectivity index (χ1) is 14.8. The summed E-state index contributed by atoms with van der Waals surface area (Å²) >= 11 is 0.944. The van der Waals surface area contributed by atoms with Crippen LogP contribution in [0.5, 0.6) is 0 Å². The van der Waals surface area contributed by atoms with Crippen molar-refractivity contribution in [2.24, 2.45) is 5.92 Å². The molecule has 174 valence electrons. The molecular weight excluding hydrogens is 410 g/mol. The molecule has 3 atom stereocenters. The minimum atomic E-state index is -0.826. The number of thioether (sulfide) groups is 1. The third-order valence-corrected chi connectivity index (χ3v) is 7.03. The number of piperidine rings is 1. The molecule has 1 saturated heterocycles. The highest BCUT2D eigenvalue weighted by molar-refractivity contribution is 8.13. The van der Waals surface area contributed by atoms with Crippen LogP contribution < -0.4 is 0 Å². The number of carboxylic acid groups (broad SMARTS) is 1. The summed E-state index contributed by atoms with van der Waals surface area (Å²) in [6, 6.07) is 8.71. The Hall–Kier alpha value is -1.53. The van der Waals surface area contributed by atoms with Gasteiger partial charge in [-0.25, -0.2) is 4.79 Å². The Morgan fingerprint density at radius 3 is 2.52 bits per heavy atom. The third-order valence-electron chi connectivity index (χ3n) is 6.34. The van der Waals surface area contributed by atoms with Gasteiger partial charge in [0.15, 0.2) is 0 Å². The fourth-order valence-corrected chi connectivity index (χ4v) is 4.94. The van der Waals surface area contributed by atoms with Crippen LogP contribution in [0.2, 0.25) is 0 Å². The number of nitrogens with zero attached hydrogens (tertiary/aromatic N) is 1. The van der Waals surface area contributed by atoms with Crippen molar-refractivity contribution in [2.45, 2.75) is 90.2 Å². The number of aliphatic hydroxyl groups is 1. The highest BCUT2D eigenvalue weighted by Crippen LogP contribution is 2.25. The Bertz CT molecular complexity index is 691. The van der Waals surface area contributed by atoms with E-state index in [0.29, 0.717) is 36.9 Å². The molecule has 0 spiro atoms. The molecule has 5 nitrogen and oxygen atoms in total. The predicted molar refractivity (Wildman–Crippen MR) is 128 cm³/mol. The number of hydrogen-bond donors (Lipinski definition) is 2. The third kappa shape index (κ3) is 9.24. The smallest absolute Gasteiger partial charge is 0.364 e. The fraction of sp³-hybridized carbons (Fsp3) is 0.680. The molecule has 31 heavy (non-hydrogen) atoms. The van der Waals surface area contributed by atoms with E-state index < -0.39 is 11.4 Å². The fourth-order valence-electron chi connectivity index (χ4n) is 4.25. The molecule has 2 N–H and O–H groups in total. The van der Waals surface area contributed by atoms with Gasteiger partial charge in [0.1, 0.15) is 0 Å². The molecule has 1 fully saturated rings. The maximum absolute atomic E-state index is 12.5. The van der Waals surface area contributed by atoms with E-state index in [4.69, 9.17) is 5.11 Å². The van der Waals surface area contributed by atoms with E-state index in [2.05, 4.69) is 45.0 Å². The van der Waals surface area contributed by atoms with Crippen molar-refractivity contribution in [1.29, 1.82) is 0 Å². The molecule has 6 heteroatoms. The largest absolute Gasteiger partial charge is 0.473 e.